The van der Waals surface area contributed by atoms with E-state index in [0.29, 0.717) is 0 Å². The Balaban J connectivity index is 3.02. The van der Waals surface area contributed by atoms with Crippen LogP contribution < -0.4 is 5.32 Å². The topological polar surface area (TPSA) is 12.0 Å². The molecule has 1 nitrogen and oxygen atoms in total. The van der Waals surface area contributed by atoms with Gasteiger partial charge in [0.15, 0.2) is 0 Å². The molecule has 0 saturated heterocycles. The van der Waals surface area contributed by atoms with Crippen molar-refractivity contribution >= 4 is 0 Å². The van der Waals surface area contributed by atoms with Gasteiger partial charge < -0.3 is 5.32 Å². The molecule has 66 valence electrons. The maximum Gasteiger partial charge on any atom is 0.0161 e. The van der Waals surface area contributed by atoms with E-state index in [0.717, 1.165) is 6.54 Å². The summed E-state index contributed by atoms with van der Waals surface area (Å²) in [5.41, 5.74) is 1.43. The number of rotatable bonds is 6. The van der Waals surface area contributed by atoms with E-state index in [1.54, 1.807) is 0 Å². The van der Waals surface area contributed by atoms with Crippen molar-refractivity contribution in [2.45, 2.75) is 40.0 Å². The molecule has 0 atom stereocenters. The number of hydrogen-bond acceptors (Lipinski definition) is 1. The largest absolute Gasteiger partial charge is 0.313 e. The summed E-state index contributed by atoms with van der Waals surface area (Å²) in [6.45, 7) is 8.70. The van der Waals surface area contributed by atoms with Crippen molar-refractivity contribution in [3.05, 3.63) is 11.6 Å². The third-order valence-electron chi connectivity index (χ3n) is 1.85. The van der Waals surface area contributed by atoms with Crippen molar-refractivity contribution in [1.29, 1.82) is 0 Å². The molecule has 1 N–H and O–H groups in total. The molecule has 0 amide bonds. The van der Waals surface area contributed by atoms with Crippen LogP contribution in [-0.4, -0.2) is 13.1 Å². The fraction of sp³-hybridized carbons (Fsp3) is 0.800. The van der Waals surface area contributed by atoms with Crippen molar-refractivity contribution in [1.82, 2.24) is 5.32 Å². The van der Waals surface area contributed by atoms with Crippen LogP contribution in [0.15, 0.2) is 11.6 Å². The van der Waals surface area contributed by atoms with Gasteiger partial charge in [0.05, 0.1) is 0 Å². The van der Waals surface area contributed by atoms with Gasteiger partial charge in [0.25, 0.3) is 0 Å². The van der Waals surface area contributed by atoms with Gasteiger partial charge in [-0.05, 0) is 26.8 Å². The van der Waals surface area contributed by atoms with Crippen LogP contribution in [0.1, 0.15) is 40.0 Å². The highest BCUT2D eigenvalue weighted by Gasteiger charge is 1.87. The van der Waals surface area contributed by atoms with Crippen LogP contribution >= 0.6 is 0 Å². The summed E-state index contributed by atoms with van der Waals surface area (Å²) in [5, 5.41) is 3.40. The highest BCUT2D eigenvalue weighted by molar-refractivity contribution is 4.97. The molecule has 0 aromatic rings. The molecule has 0 bridgehead atoms. The second-order valence-electron chi connectivity index (χ2n) is 3.02. The Morgan fingerprint density at radius 2 is 2.09 bits per heavy atom. The maximum atomic E-state index is 3.40. The van der Waals surface area contributed by atoms with E-state index in [1.807, 2.05) is 0 Å². The molecule has 0 unspecified atom stereocenters. The van der Waals surface area contributed by atoms with Gasteiger partial charge in [-0.3, -0.25) is 0 Å². The van der Waals surface area contributed by atoms with Gasteiger partial charge in [-0.2, -0.15) is 0 Å². The molecule has 0 aliphatic rings. The number of allylic oxidation sites excluding steroid dienone is 1. The predicted molar refractivity (Wildman–Crippen MR) is 51.8 cm³/mol. The Bertz CT molecular complexity index is 105. The van der Waals surface area contributed by atoms with E-state index in [4.69, 9.17) is 0 Å². The molecule has 0 radical (unpaired) electrons. The zero-order valence-corrected chi connectivity index (χ0v) is 8.11. The SMILES string of the molecule is C/C=C(\C)CNCCCCC. The van der Waals surface area contributed by atoms with E-state index < -0.39 is 0 Å². The van der Waals surface area contributed by atoms with Crippen LogP contribution in [0.4, 0.5) is 0 Å². The summed E-state index contributed by atoms with van der Waals surface area (Å²) in [4.78, 5) is 0. The monoisotopic (exact) mass is 155 g/mol. The quantitative estimate of drug-likeness (QED) is 0.459. The van der Waals surface area contributed by atoms with Crippen molar-refractivity contribution in [2.24, 2.45) is 0 Å². The molecular weight excluding hydrogens is 134 g/mol. The lowest BCUT2D eigenvalue weighted by molar-refractivity contribution is 0.639. The molecule has 0 aromatic heterocycles. The first-order valence-electron chi connectivity index (χ1n) is 4.63. The lowest BCUT2D eigenvalue weighted by atomic mass is 10.2. The highest BCUT2D eigenvalue weighted by atomic mass is 14.8. The van der Waals surface area contributed by atoms with Gasteiger partial charge in [-0.25, -0.2) is 0 Å². The predicted octanol–water partition coefficient (Wildman–Crippen LogP) is 2.73. The number of nitrogens with one attached hydrogen (secondary N) is 1. The van der Waals surface area contributed by atoms with Crippen LogP contribution in [0.3, 0.4) is 0 Å². The number of hydrogen-bond donors (Lipinski definition) is 1. The molecule has 11 heavy (non-hydrogen) atoms. The van der Waals surface area contributed by atoms with Gasteiger partial charge in [0.2, 0.25) is 0 Å². The van der Waals surface area contributed by atoms with E-state index in [-0.39, 0.29) is 0 Å². The van der Waals surface area contributed by atoms with Crippen molar-refractivity contribution in [3.63, 3.8) is 0 Å². The third kappa shape index (κ3) is 7.60. The second kappa shape index (κ2) is 7.80. The Morgan fingerprint density at radius 3 is 2.64 bits per heavy atom. The molecular formula is C10H21N. The smallest absolute Gasteiger partial charge is 0.0161 e. The van der Waals surface area contributed by atoms with Crippen LogP contribution in [-0.2, 0) is 0 Å². The third-order valence-corrected chi connectivity index (χ3v) is 1.85. The summed E-state index contributed by atoms with van der Waals surface area (Å²) in [5.74, 6) is 0. The van der Waals surface area contributed by atoms with Crippen molar-refractivity contribution in [3.8, 4) is 0 Å². The zero-order chi connectivity index (χ0) is 8.53. The minimum absolute atomic E-state index is 1.06. The minimum Gasteiger partial charge on any atom is -0.313 e. The van der Waals surface area contributed by atoms with Crippen LogP contribution in [0, 0.1) is 0 Å². The fourth-order valence-corrected chi connectivity index (χ4v) is 0.888. The summed E-state index contributed by atoms with van der Waals surface area (Å²) in [6, 6.07) is 0. The van der Waals surface area contributed by atoms with E-state index in [2.05, 4.69) is 32.2 Å². The first-order chi connectivity index (χ1) is 5.31. The zero-order valence-electron chi connectivity index (χ0n) is 8.11. The maximum absolute atomic E-state index is 3.40. The van der Waals surface area contributed by atoms with Gasteiger partial charge in [0.1, 0.15) is 0 Å². The van der Waals surface area contributed by atoms with E-state index in [9.17, 15) is 0 Å². The van der Waals surface area contributed by atoms with Crippen LogP contribution in [0.5, 0.6) is 0 Å². The van der Waals surface area contributed by atoms with E-state index in [1.165, 1.54) is 31.4 Å². The molecule has 0 spiro atoms. The normalized spacial score (nSPS) is 12.1. The Labute approximate surface area is 70.9 Å². The summed E-state index contributed by atoms with van der Waals surface area (Å²) in [6.07, 6.45) is 6.13. The minimum atomic E-state index is 1.06. The summed E-state index contributed by atoms with van der Waals surface area (Å²) < 4.78 is 0. The molecule has 0 aliphatic carbocycles. The fourth-order valence-electron chi connectivity index (χ4n) is 0.888. The van der Waals surface area contributed by atoms with Crippen LogP contribution in [0.2, 0.25) is 0 Å². The lowest BCUT2D eigenvalue weighted by Gasteiger charge is -2.03. The molecule has 0 aromatic carbocycles. The van der Waals surface area contributed by atoms with Gasteiger partial charge in [0, 0.05) is 6.54 Å². The molecule has 0 aliphatic heterocycles. The van der Waals surface area contributed by atoms with Crippen molar-refractivity contribution in [2.75, 3.05) is 13.1 Å². The van der Waals surface area contributed by atoms with Crippen molar-refractivity contribution < 1.29 is 0 Å². The molecule has 0 saturated carbocycles. The lowest BCUT2D eigenvalue weighted by Crippen LogP contribution is -2.17. The Kier molecular flexibility index (Phi) is 7.59. The Hall–Kier alpha value is -0.300. The first-order valence-corrected chi connectivity index (χ1v) is 4.63. The molecule has 1 heteroatoms. The molecule has 0 rings (SSSR count). The van der Waals surface area contributed by atoms with Gasteiger partial charge in [-0.15, -0.1) is 0 Å². The summed E-state index contributed by atoms with van der Waals surface area (Å²) >= 11 is 0. The standard InChI is InChI=1S/C10H21N/c1-4-6-7-8-11-9-10(3)5-2/h5,11H,4,6-9H2,1-3H3/b10-5+. The Morgan fingerprint density at radius 1 is 1.36 bits per heavy atom. The number of unbranched alkanes of at least 4 members (excludes halogenated alkanes) is 2. The second-order valence-corrected chi connectivity index (χ2v) is 3.02. The molecule has 0 fully saturated rings. The average molecular weight is 155 g/mol. The van der Waals surface area contributed by atoms with Crippen LogP contribution in [0.25, 0.3) is 0 Å². The highest BCUT2D eigenvalue weighted by Crippen LogP contribution is 1.92. The average Bonchev–Trinajstić information content (AvgIpc) is 2.04. The van der Waals surface area contributed by atoms with Gasteiger partial charge >= 0.3 is 0 Å². The van der Waals surface area contributed by atoms with E-state index >= 15 is 0 Å². The summed E-state index contributed by atoms with van der Waals surface area (Å²) in [7, 11) is 0. The van der Waals surface area contributed by atoms with Gasteiger partial charge in [-0.1, -0.05) is 31.4 Å². The molecule has 0 heterocycles. The first kappa shape index (κ1) is 10.7.